The highest BCUT2D eigenvalue weighted by molar-refractivity contribution is 7.80. The minimum absolute atomic E-state index is 0.155. The van der Waals surface area contributed by atoms with Gasteiger partial charge >= 0.3 is 0 Å². The molecule has 2 aromatic carbocycles. The van der Waals surface area contributed by atoms with Crippen LogP contribution in [0.4, 0.5) is 0 Å². The van der Waals surface area contributed by atoms with E-state index in [1.165, 1.54) is 18.2 Å². The molecule has 0 aliphatic carbocycles. The number of ketones is 1. The van der Waals surface area contributed by atoms with E-state index < -0.39 is 11.9 Å². The Labute approximate surface area is 160 Å². The molecule has 0 aromatic heterocycles. The lowest BCUT2D eigenvalue weighted by molar-refractivity contribution is -0.119. The van der Waals surface area contributed by atoms with Gasteiger partial charge in [-0.1, -0.05) is 46.9 Å². The van der Waals surface area contributed by atoms with Crippen LogP contribution in [-0.4, -0.2) is 23.5 Å². The smallest absolute Gasteiger partial charge is 0.251 e. The largest absolute Gasteiger partial charge is 0.341 e. The molecule has 0 aliphatic heterocycles. The van der Waals surface area contributed by atoms with Crippen LogP contribution in [0, 0.1) is 0 Å². The third-order valence-corrected chi connectivity index (χ3v) is 4.31. The SMILES string of the molecule is O=C(N[C@H](CS)C(=O)Cc1cccc(Cl)c1)c1cc(Cl)cc(Cl)c1. The lowest BCUT2D eigenvalue weighted by atomic mass is 10.0. The van der Waals surface area contributed by atoms with Crippen LogP contribution in [0.1, 0.15) is 15.9 Å². The number of amides is 1. The summed E-state index contributed by atoms with van der Waals surface area (Å²) in [6, 6.07) is 10.8. The van der Waals surface area contributed by atoms with Crippen molar-refractivity contribution >= 4 is 59.1 Å². The van der Waals surface area contributed by atoms with Gasteiger partial charge in [-0.25, -0.2) is 0 Å². The molecule has 0 fully saturated rings. The summed E-state index contributed by atoms with van der Waals surface area (Å²) >= 11 is 21.9. The zero-order valence-electron chi connectivity index (χ0n) is 12.4. The van der Waals surface area contributed by atoms with Gasteiger partial charge in [0, 0.05) is 32.8 Å². The number of benzene rings is 2. The van der Waals surface area contributed by atoms with E-state index in [0.29, 0.717) is 15.1 Å². The van der Waals surface area contributed by atoms with E-state index in [-0.39, 0.29) is 23.5 Å². The maximum Gasteiger partial charge on any atom is 0.251 e. The molecule has 0 unspecified atom stereocenters. The highest BCUT2D eigenvalue weighted by atomic mass is 35.5. The first-order chi connectivity index (χ1) is 11.4. The third-order valence-electron chi connectivity index (χ3n) is 3.27. The topological polar surface area (TPSA) is 46.2 Å². The van der Waals surface area contributed by atoms with Crippen molar-refractivity contribution in [3.8, 4) is 0 Å². The van der Waals surface area contributed by atoms with Gasteiger partial charge in [0.2, 0.25) is 0 Å². The number of carbonyl (C=O) groups is 2. The highest BCUT2D eigenvalue weighted by Crippen LogP contribution is 2.19. The number of nitrogens with one attached hydrogen (secondary N) is 1. The van der Waals surface area contributed by atoms with Crippen molar-refractivity contribution in [2.75, 3.05) is 5.75 Å². The quantitative estimate of drug-likeness (QED) is 0.699. The number of hydrogen-bond donors (Lipinski definition) is 2. The van der Waals surface area contributed by atoms with E-state index in [2.05, 4.69) is 17.9 Å². The average Bonchev–Trinajstić information content (AvgIpc) is 2.51. The Bertz CT molecular complexity index is 747. The van der Waals surface area contributed by atoms with Gasteiger partial charge in [-0.05, 0) is 35.9 Å². The Kier molecular flexibility index (Phi) is 6.99. The second kappa shape index (κ2) is 8.77. The zero-order chi connectivity index (χ0) is 17.7. The molecule has 0 spiro atoms. The lowest BCUT2D eigenvalue weighted by Gasteiger charge is -2.16. The minimum Gasteiger partial charge on any atom is -0.341 e. The molecule has 0 aliphatic rings. The lowest BCUT2D eigenvalue weighted by Crippen LogP contribution is -2.43. The zero-order valence-corrected chi connectivity index (χ0v) is 15.6. The molecular weight excluding hydrogens is 389 g/mol. The molecule has 1 amide bonds. The monoisotopic (exact) mass is 401 g/mol. The van der Waals surface area contributed by atoms with Crippen LogP contribution in [0.3, 0.4) is 0 Å². The molecule has 2 aromatic rings. The van der Waals surface area contributed by atoms with Crippen LogP contribution in [0.15, 0.2) is 42.5 Å². The van der Waals surface area contributed by atoms with Crippen molar-refractivity contribution in [1.29, 1.82) is 0 Å². The van der Waals surface area contributed by atoms with Gasteiger partial charge in [0.25, 0.3) is 5.91 Å². The van der Waals surface area contributed by atoms with Gasteiger partial charge in [0.1, 0.15) is 0 Å². The fourth-order valence-electron chi connectivity index (χ4n) is 2.13. The summed E-state index contributed by atoms with van der Waals surface area (Å²) in [7, 11) is 0. The predicted octanol–water partition coefficient (Wildman–Crippen LogP) is 4.49. The maximum atomic E-state index is 12.4. The average molecular weight is 403 g/mol. The van der Waals surface area contributed by atoms with E-state index >= 15 is 0 Å². The van der Waals surface area contributed by atoms with Crippen LogP contribution in [0.25, 0.3) is 0 Å². The van der Waals surface area contributed by atoms with Crippen molar-refractivity contribution in [3.05, 3.63) is 68.7 Å². The minimum atomic E-state index is -0.724. The summed E-state index contributed by atoms with van der Waals surface area (Å²) in [4.78, 5) is 24.7. The molecule has 0 saturated carbocycles. The Morgan fingerprint density at radius 1 is 1.00 bits per heavy atom. The molecule has 126 valence electrons. The molecule has 0 bridgehead atoms. The first-order valence-electron chi connectivity index (χ1n) is 7.04. The Morgan fingerprint density at radius 3 is 2.25 bits per heavy atom. The third kappa shape index (κ3) is 5.42. The fourth-order valence-corrected chi connectivity index (χ4v) is 3.16. The fraction of sp³-hybridized carbons (Fsp3) is 0.176. The van der Waals surface area contributed by atoms with Gasteiger partial charge in [0.15, 0.2) is 5.78 Å². The van der Waals surface area contributed by atoms with Crippen LogP contribution in [0.5, 0.6) is 0 Å². The van der Waals surface area contributed by atoms with E-state index in [4.69, 9.17) is 34.8 Å². The second-order valence-electron chi connectivity index (χ2n) is 5.14. The van der Waals surface area contributed by atoms with Crippen molar-refractivity contribution in [2.45, 2.75) is 12.5 Å². The molecular formula is C17H14Cl3NO2S. The predicted molar refractivity (Wildman–Crippen MR) is 102 cm³/mol. The Morgan fingerprint density at radius 2 is 1.67 bits per heavy atom. The van der Waals surface area contributed by atoms with Gasteiger partial charge in [-0.3, -0.25) is 9.59 Å². The summed E-state index contributed by atoms with van der Waals surface area (Å²) in [6.45, 7) is 0. The van der Waals surface area contributed by atoms with Gasteiger partial charge in [-0.15, -0.1) is 0 Å². The van der Waals surface area contributed by atoms with Crippen LogP contribution >= 0.6 is 47.4 Å². The molecule has 24 heavy (non-hydrogen) atoms. The van der Waals surface area contributed by atoms with Gasteiger partial charge < -0.3 is 5.32 Å². The summed E-state index contributed by atoms with van der Waals surface area (Å²) in [5.41, 5.74) is 1.06. The number of rotatable bonds is 6. The van der Waals surface area contributed by atoms with E-state index in [1.807, 2.05) is 0 Å². The second-order valence-corrected chi connectivity index (χ2v) is 6.81. The van der Waals surface area contributed by atoms with E-state index in [9.17, 15) is 9.59 Å². The summed E-state index contributed by atoms with van der Waals surface area (Å²) in [5, 5.41) is 3.91. The summed E-state index contributed by atoms with van der Waals surface area (Å²) in [5.74, 6) is -0.411. The van der Waals surface area contributed by atoms with Crippen molar-refractivity contribution < 1.29 is 9.59 Å². The normalized spacial score (nSPS) is 11.8. The molecule has 0 heterocycles. The van der Waals surface area contributed by atoms with Crippen LogP contribution < -0.4 is 5.32 Å². The molecule has 0 saturated heterocycles. The Hall–Kier alpha value is -1.20. The molecule has 2 rings (SSSR count). The molecule has 1 atom stereocenters. The van der Waals surface area contributed by atoms with Crippen molar-refractivity contribution in [2.24, 2.45) is 0 Å². The number of hydrogen-bond acceptors (Lipinski definition) is 3. The summed E-state index contributed by atoms with van der Waals surface area (Å²) in [6.07, 6.45) is 0.155. The van der Waals surface area contributed by atoms with Crippen LogP contribution in [0.2, 0.25) is 15.1 Å². The molecule has 7 heteroatoms. The van der Waals surface area contributed by atoms with Crippen molar-refractivity contribution in [3.63, 3.8) is 0 Å². The number of Topliss-reactive ketones (excluding diaryl/α,β-unsaturated/α-hetero) is 1. The summed E-state index contributed by atoms with van der Waals surface area (Å²) < 4.78 is 0. The molecule has 0 radical (unpaired) electrons. The van der Waals surface area contributed by atoms with E-state index in [1.54, 1.807) is 24.3 Å². The van der Waals surface area contributed by atoms with Gasteiger partial charge in [0.05, 0.1) is 6.04 Å². The molecule has 1 N–H and O–H groups in total. The number of halogens is 3. The number of thiol groups is 1. The number of carbonyl (C=O) groups excluding carboxylic acids is 2. The van der Waals surface area contributed by atoms with E-state index in [0.717, 1.165) is 5.56 Å². The van der Waals surface area contributed by atoms with Gasteiger partial charge in [-0.2, -0.15) is 12.6 Å². The van der Waals surface area contributed by atoms with Crippen LogP contribution in [-0.2, 0) is 11.2 Å². The van der Waals surface area contributed by atoms with Crippen molar-refractivity contribution in [1.82, 2.24) is 5.32 Å². The first-order valence-corrected chi connectivity index (χ1v) is 8.80. The highest BCUT2D eigenvalue weighted by Gasteiger charge is 2.20. The maximum absolute atomic E-state index is 12.4. The Balaban J connectivity index is 2.07. The first kappa shape index (κ1) is 19.1. The molecule has 3 nitrogen and oxygen atoms in total. The standard InChI is InChI=1S/C17H14Cl3NO2S/c18-12-3-1-2-10(4-12)5-16(22)15(9-24)21-17(23)11-6-13(19)8-14(20)7-11/h1-4,6-8,15,24H,5,9H2,(H,21,23)/t15-/m1/s1.